The molecule has 0 spiro atoms. The molecule has 132 valence electrons. The molecule has 2 heterocycles. The summed E-state index contributed by atoms with van der Waals surface area (Å²) in [6, 6.07) is 4.82. The molecule has 0 aromatic heterocycles. The molecular weight excluding hydrogens is 352 g/mol. The Balaban J connectivity index is 1.74. The van der Waals surface area contributed by atoms with Crippen molar-refractivity contribution in [3.8, 4) is 11.5 Å². The summed E-state index contributed by atoms with van der Waals surface area (Å²) in [6.07, 6.45) is 0.785. The molecule has 1 N–H and O–H groups in total. The number of hydrogen-bond donors (Lipinski definition) is 1. The number of rotatable bonds is 4. The normalized spacial score (nSPS) is 19.7. The number of halogens is 1. The summed E-state index contributed by atoms with van der Waals surface area (Å²) in [5.74, 6) is 1.10. The number of benzene rings is 1. The Bertz CT molecular complexity index is 715. The molecule has 1 aromatic rings. The van der Waals surface area contributed by atoms with Crippen LogP contribution in [0.3, 0.4) is 0 Å². The number of nitrogens with zero attached hydrogens (tertiary/aromatic N) is 1. The molecule has 1 saturated heterocycles. The van der Waals surface area contributed by atoms with Gasteiger partial charge in [-0.25, -0.2) is 8.42 Å². The largest absolute Gasteiger partial charge is 0.490 e. The number of nitrogens with one attached hydrogen (secondary N) is 1. The van der Waals surface area contributed by atoms with Crippen LogP contribution in [0.5, 0.6) is 11.5 Å². The smallest absolute Gasteiger partial charge is 0.243 e. The zero-order chi connectivity index (χ0) is 17.2. The van der Waals surface area contributed by atoms with E-state index in [0.717, 1.165) is 19.5 Å². The minimum Gasteiger partial charge on any atom is -0.490 e. The minimum absolute atomic E-state index is 0.247. The maximum atomic E-state index is 12.9. The van der Waals surface area contributed by atoms with Gasteiger partial charge >= 0.3 is 0 Å². The maximum absolute atomic E-state index is 12.9. The minimum atomic E-state index is -3.53. The Kier molecular flexibility index (Phi) is 5.34. The first kappa shape index (κ1) is 17.5. The molecule has 0 bridgehead atoms. The van der Waals surface area contributed by atoms with Crippen LogP contribution in [0.15, 0.2) is 34.7 Å². The third-order valence-corrected chi connectivity index (χ3v) is 6.26. The maximum Gasteiger partial charge on any atom is 0.243 e. The third-order valence-electron chi connectivity index (χ3n) is 4.23. The molecule has 0 radical (unpaired) electrons. The van der Waals surface area contributed by atoms with Gasteiger partial charge in [-0.1, -0.05) is 18.2 Å². The van der Waals surface area contributed by atoms with Gasteiger partial charge in [0.05, 0.1) is 49.3 Å². The lowest BCUT2D eigenvalue weighted by atomic mass is 10.3. The fraction of sp³-hybridized carbons (Fsp3) is 0.500. The van der Waals surface area contributed by atoms with Gasteiger partial charge in [0.25, 0.3) is 0 Å². The lowest BCUT2D eigenvalue weighted by molar-refractivity contribution is -0.898. The van der Waals surface area contributed by atoms with Crippen LogP contribution >= 0.6 is 11.6 Å². The number of piperazine rings is 1. The van der Waals surface area contributed by atoms with Crippen molar-refractivity contribution in [1.29, 1.82) is 0 Å². The monoisotopic (exact) mass is 373 g/mol. The zero-order valence-electron chi connectivity index (χ0n) is 13.5. The van der Waals surface area contributed by atoms with Crippen LogP contribution in [0.25, 0.3) is 0 Å². The Morgan fingerprint density at radius 3 is 2.54 bits per heavy atom. The van der Waals surface area contributed by atoms with Crippen molar-refractivity contribution in [2.45, 2.75) is 11.3 Å². The van der Waals surface area contributed by atoms with Gasteiger partial charge in [-0.2, -0.15) is 4.31 Å². The van der Waals surface area contributed by atoms with Crippen molar-refractivity contribution in [3.63, 3.8) is 0 Å². The highest BCUT2D eigenvalue weighted by atomic mass is 35.5. The molecule has 24 heavy (non-hydrogen) atoms. The highest BCUT2D eigenvalue weighted by Gasteiger charge is 2.31. The first-order chi connectivity index (χ1) is 11.5. The van der Waals surface area contributed by atoms with E-state index in [1.54, 1.807) is 18.2 Å². The standard InChI is InChI=1S/C16H21ClN2O4S/c1-13(17)12-18-5-7-19(8-6-18)24(20,21)14-3-4-15-16(11-14)23-10-2-9-22-15/h3-4,11H,1-2,5-10,12H2/p+1. The van der Waals surface area contributed by atoms with Gasteiger partial charge in [-0.3, -0.25) is 0 Å². The fourth-order valence-corrected chi connectivity index (χ4v) is 4.59. The lowest BCUT2D eigenvalue weighted by Crippen LogP contribution is -3.14. The van der Waals surface area contributed by atoms with Gasteiger partial charge < -0.3 is 14.4 Å². The molecule has 1 aromatic carbocycles. The van der Waals surface area contributed by atoms with E-state index in [0.29, 0.717) is 49.4 Å². The summed E-state index contributed by atoms with van der Waals surface area (Å²) in [7, 11) is -3.53. The molecule has 6 nitrogen and oxygen atoms in total. The van der Waals surface area contributed by atoms with E-state index in [2.05, 4.69) is 6.58 Å². The molecule has 3 rings (SSSR count). The second-order valence-corrected chi connectivity index (χ2v) is 8.48. The van der Waals surface area contributed by atoms with E-state index in [4.69, 9.17) is 21.1 Å². The zero-order valence-corrected chi connectivity index (χ0v) is 15.0. The van der Waals surface area contributed by atoms with Crippen molar-refractivity contribution in [2.75, 3.05) is 45.9 Å². The summed E-state index contributed by atoms with van der Waals surface area (Å²) in [6.45, 7) is 7.85. The van der Waals surface area contributed by atoms with Gasteiger partial charge in [-0.15, -0.1) is 0 Å². The molecule has 2 aliphatic heterocycles. The van der Waals surface area contributed by atoms with Crippen LogP contribution in [-0.4, -0.2) is 58.7 Å². The average Bonchev–Trinajstić information content (AvgIpc) is 2.79. The summed E-state index contributed by atoms with van der Waals surface area (Å²) < 4.78 is 38.4. The van der Waals surface area contributed by atoms with Gasteiger partial charge in [0.1, 0.15) is 6.54 Å². The number of hydrogen-bond acceptors (Lipinski definition) is 4. The number of fused-ring (bicyclic) bond motifs is 1. The van der Waals surface area contributed by atoms with E-state index in [1.165, 1.54) is 9.21 Å². The fourth-order valence-electron chi connectivity index (χ4n) is 2.94. The lowest BCUT2D eigenvalue weighted by Gasteiger charge is -2.31. The van der Waals surface area contributed by atoms with Gasteiger partial charge in [0.2, 0.25) is 10.0 Å². The molecule has 0 amide bonds. The molecule has 1 fully saturated rings. The quantitative estimate of drug-likeness (QED) is 0.834. The molecule has 0 unspecified atom stereocenters. The van der Waals surface area contributed by atoms with E-state index in [1.807, 2.05) is 0 Å². The van der Waals surface area contributed by atoms with Crippen LogP contribution in [0, 0.1) is 0 Å². The Morgan fingerprint density at radius 2 is 1.88 bits per heavy atom. The van der Waals surface area contributed by atoms with Crippen molar-refractivity contribution < 1.29 is 22.8 Å². The van der Waals surface area contributed by atoms with Gasteiger partial charge in [0, 0.05) is 12.5 Å². The van der Waals surface area contributed by atoms with E-state index in [-0.39, 0.29) is 4.90 Å². The molecule has 8 heteroatoms. The van der Waals surface area contributed by atoms with Crippen molar-refractivity contribution in [1.82, 2.24) is 4.31 Å². The second-order valence-electron chi connectivity index (χ2n) is 6.01. The molecule has 0 atom stereocenters. The number of quaternary nitrogens is 1. The number of sulfonamides is 1. The van der Waals surface area contributed by atoms with E-state index < -0.39 is 10.0 Å². The Hall–Kier alpha value is -1.28. The van der Waals surface area contributed by atoms with Crippen LogP contribution < -0.4 is 14.4 Å². The van der Waals surface area contributed by atoms with Gasteiger partial charge in [0.15, 0.2) is 11.5 Å². The Labute approximate surface area is 147 Å². The predicted molar refractivity (Wildman–Crippen MR) is 91.4 cm³/mol. The first-order valence-electron chi connectivity index (χ1n) is 8.03. The first-order valence-corrected chi connectivity index (χ1v) is 9.85. The SMILES string of the molecule is C=C(Cl)C[NH+]1CCN(S(=O)(=O)c2ccc3c(c2)OCCCO3)CC1. The highest BCUT2D eigenvalue weighted by molar-refractivity contribution is 7.89. The molecule has 0 aliphatic carbocycles. The summed E-state index contributed by atoms with van der Waals surface area (Å²) in [5.41, 5.74) is 0. The van der Waals surface area contributed by atoms with Crippen LogP contribution in [-0.2, 0) is 10.0 Å². The van der Waals surface area contributed by atoms with E-state index in [9.17, 15) is 8.42 Å². The predicted octanol–water partition coefficient (Wildman–Crippen LogP) is 0.490. The average molecular weight is 374 g/mol. The van der Waals surface area contributed by atoms with Crippen molar-refractivity contribution in [2.24, 2.45) is 0 Å². The summed E-state index contributed by atoms with van der Waals surface area (Å²) in [4.78, 5) is 1.50. The second kappa shape index (κ2) is 7.31. The van der Waals surface area contributed by atoms with Gasteiger partial charge in [-0.05, 0) is 12.1 Å². The summed E-state index contributed by atoms with van der Waals surface area (Å²) >= 11 is 5.84. The molecular formula is C16H22ClN2O4S+. The highest BCUT2D eigenvalue weighted by Crippen LogP contribution is 2.32. The molecule has 2 aliphatic rings. The van der Waals surface area contributed by atoms with Crippen LogP contribution in [0.4, 0.5) is 0 Å². The van der Waals surface area contributed by atoms with Crippen LogP contribution in [0.1, 0.15) is 6.42 Å². The number of ether oxygens (including phenoxy) is 2. The third kappa shape index (κ3) is 3.85. The molecule has 0 saturated carbocycles. The Morgan fingerprint density at radius 1 is 1.21 bits per heavy atom. The van der Waals surface area contributed by atoms with Crippen LogP contribution in [0.2, 0.25) is 0 Å². The summed E-state index contributed by atoms with van der Waals surface area (Å²) in [5, 5.41) is 0.601. The topological polar surface area (TPSA) is 60.3 Å². The van der Waals surface area contributed by atoms with E-state index >= 15 is 0 Å². The van der Waals surface area contributed by atoms with Crippen molar-refractivity contribution >= 4 is 21.6 Å². The van der Waals surface area contributed by atoms with Crippen molar-refractivity contribution in [3.05, 3.63) is 29.8 Å².